The molecule has 0 aliphatic heterocycles. The van der Waals surface area contributed by atoms with E-state index in [-0.39, 0.29) is 24.0 Å². The van der Waals surface area contributed by atoms with Crippen molar-refractivity contribution in [3.8, 4) is 0 Å². The zero-order valence-electron chi connectivity index (χ0n) is 10.2. The number of unbranched alkanes of at least 4 members (excludes halogenated alkanes) is 1. The maximum atomic E-state index is 6.02. The Bertz CT molecular complexity index is 397. The Morgan fingerprint density at radius 2 is 2.11 bits per heavy atom. The summed E-state index contributed by atoms with van der Waals surface area (Å²) < 4.78 is 0. The van der Waals surface area contributed by atoms with Crippen molar-refractivity contribution in [3.05, 3.63) is 33.8 Å². The van der Waals surface area contributed by atoms with Crippen LogP contribution in [-0.4, -0.2) is 12.5 Å². The van der Waals surface area contributed by atoms with Crippen LogP contribution in [0.4, 0.5) is 0 Å². The summed E-state index contributed by atoms with van der Waals surface area (Å²) in [6.07, 6.45) is 2.21. The number of nitrogens with zero attached hydrogens (tertiary/aromatic N) is 1. The van der Waals surface area contributed by atoms with E-state index >= 15 is 0 Å². The van der Waals surface area contributed by atoms with Gasteiger partial charge in [0.1, 0.15) is 0 Å². The summed E-state index contributed by atoms with van der Waals surface area (Å²) in [6.45, 7) is 3.43. The molecule has 0 fully saturated rings. The SMILES string of the molecule is CCCCNC(N)=NCc1ccc(Cl)cc1Cl.I. The molecule has 0 saturated heterocycles. The molecule has 0 amide bonds. The maximum Gasteiger partial charge on any atom is 0.188 e. The average molecular weight is 402 g/mol. The Balaban J connectivity index is 0.00000289. The molecule has 0 aliphatic carbocycles. The number of hydrogen-bond acceptors (Lipinski definition) is 1. The van der Waals surface area contributed by atoms with Gasteiger partial charge in [0, 0.05) is 16.6 Å². The molecule has 0 unspecified atom stereocenters. The highest BCUT2D eigenvalue weighted by atomic mass is 127. The van der Waals surface area contributed by atoms with Crippen LogP contribution in [0.3, 0.4) is 0 Å². The predicted molar refractivity (Wildman–Crippen MR) is 90.1 cm³/mol. The lowest BCUT2D eigenvalue weighted by molar-refractivity contribution is 0.748. The fourth-order valence-electron chi connectivity index (χ4n) is 1.27. The van der Waals surface area contributed by atoms with Gasteiger partial charge in [0.05, 0.1) is 6.54 Å². The second kappa shape index (κ2) is 9.69. The van der Waals surface area contributed by atoms with Crippen molar-refractivity contribution in [1.29, 1.82) is 0 Å². The van der Waals surface area contributed by atoms with E-state index < -0.39 is 0 Å². The van der Waals surface area contributed by atoms with Crippen LogP contribution < -0.4 is 11.1 Å². The molecule has 0 radical (unpaired) electrons. The quantitative estimate of drug-likeness (QED) is 0.341. The summed E-state index contributed by atoms with van der Waals surface area (Å²) in [7, 11) is 0. The van der Waals surface area contributed by atoms with Gasteiger partial charge in [-0.25, -0.2) is 4.99 Å². The van der Waals surface area contributed by atoms with E-state index in [9.17, 15) is 0 Å². The summed E-state index contributed by atoms with van der Waals surface area (Å²) in [5, 5.41) is 4.28. The number of nitrogens with two attached hydrogens (primary N) is 1. The molecule has 3 nitrogen and oxygen atoms in total. The first-order valence-corrected chi connectivity index (χ1v) is 6.36. The van der Waals surface area contributed by atoms with Crippen molar-refractivity contribution in [1.82, 2.24) is 5.32 Å². The van der Waals surface area contributed by atoms with Gasteiger partial charge in [-0.3, -0.25) is 0 Å². The minimum Gasteiger partial charge on any atom is -0.370 e. The van der Waals surface area contributed by atoms with Gasteiger partial charge in [-0.2, -0.15) is 0 Å². The average Bonchev–Trinajstić information content (AvgIpc) is 2.28. The molecule has 0 saturated carbocycles. The Hall–Kier alpha value is -0.200. The van der Waals surface area contributed by atoms with Gasteiger partial charge in [-0.15, -0.1) is 24.0 Å². The van der Waals surface area contributed by atoms with Gasteiger partial charge in [-0.1, -0.05) is 42.6 Å². The van der Waals surface area contributed by atoms with Crippen LogP contribution in [-0.2, 0) is 6.54 Å². The number of rotatable bonds is 5. The molecule has 0 heterocycles. The molecule has 6 heteroatoms. The van der Waals surface area contributed by atoms with E-state index in [1.807, 2.05) is 6.07 Å². The summed E-state index contributed by atoms with van der Waals surface area (Å²) in [4.78, 5) is 4.21. The van der Waals surface area contributed by atoms with Gasteiger partial charge in [0.25, 0.3) is 0 Å². The van der Waals surface area contributed by atoms with Gasteiger partial charge in [-0.05, 0) is 24.1 Å². The molecule has 1 aromatic carbocycles. The van der Waals surface area contributed by atoms with Gasteiger partial charge in [0.15, 0.2) is 5.96 Å². The number of benzene rings is 1. The van der Waals surface area contributed by atoms with Crippen molar-refractivity contribution in [3.63, 3.8) is 0 Å². The van der Waals surface area contributed by atoms with Crippen molar-refractivity contribution < 1.29 is 0 Å². The van der Waals surface area contributed by atoms with E-state index in [0.29, 0.717) is 22.5 Å². The van der Waals surface area contributed by atoms with Crippen LogP contribution in [0.5, 0.6) is 0 Å². The lowest BCUT2D eigenvalue weighted by Crippen LogP contribution is -2.32. The van der Waals surface area contributed by atoms with Crippen LogP contribution in [0.1, 0.15) is 25.3 Å². The zero-order chi connectivity index (χ0) is 12.7. The minimum atomic E-state index is 0. The Kier molecular flexibility index (Phi) is 9.59. The molecular weight excluding hydrogens is 384 g/mol. The molecule has 0 bridgehead atoms. The van der Waals surface area contributed by atoms with Crippen LogP contribution in [0, 0.1) is 0 Å². The zero-order valence-corrected chi connectivity index (χ0v) is 14.1. The highest BCUT2D eigenvalue weighted by Gasteiger charge is 2.00. The predicted octanol–water partition coefficient (Wildman–Crippen LogP) is 3.82. The second-order valence-corrected chi connectivity index (χ2v) is 4.56. The lowest BCUT2D eigenvalue weighted by Gasteiger charge is -2.05. The van der Waals surface area contributed by atoms with E-state index in [2.05, 4.69) is 17.2 Å². The van der Waals surface area contributed by atoms with Crippen LogP contribution in [0.2, 0.25) is 10.0 Å². The first kappa shape index (κ1) is 17.8. The van der Waals surface area contributed by atoms with Gasteiger partial charge >= 0.3 is 0 Å². The summed E-state index contributed by atoms with van der Waals surface area (Å²) >= 11 is 11.8. The fourth-order valence-corrected chi connectivity index (χ4v) is 1.74. The smallest absolute Gasteiger partial charge is 0.188 e. The summed E-state index contributed by atoms with van der Waals surface area (Å²) in [5.41, 5.74) is 6.63. The molecule has 1 aromatic rings. The first-order valence-electron chi connectivity index (χ1n) is 5.61. The molecule has 0 atom stereocenters. The molecule has 0 spiro atoms. The number of nitrogens with one attached hydrogen (secondary N) is 1. The Morgan fingerprint density at radius 1 is 1.39 bits per heavy atom. The van der Waals surface area contributed by atoms with Crippen molar-refractivity contribution >= 4 is 53.1 Å². The molecular formula is C12H18Cl2IN3. The standard InChI is InChI=1S/C12H17Cl2N3.HI/c1-2-3-6-16-12(15)17-8-9-4-5-10(13)7-11(9)14;/h4-5,7H,2-3,6,8H2,1H3,(H3,15,16,17);1H. The number of halogens is 3. The largest absolute Gasteiger partial charge is 0.370 e. The number of hydrogen-bond donors (Lipinski definition) is 2. The van der Waals surface area contributed by atoms with E-state index in [4.69, 9.17) is 28.9 Å². The first-order chi connectivity index (χ1) is 8.13. The van der Waals surface area contributed by atoms with Gasteiger partial charge < -0.3 is 11.1 Å². The maximum absolute atomic E-state index is 6.02. The van der Waals surface area contributed by atoms with Crippen LogP contribution in [0.15, 0.2) is 23.2 Å². The molecule has 102 valence electrons. The monoisotopic (exact) mass is 401 g/mol. The third kappa shape index (κ3) is 6.66. The normalized spacial score (nSPS) is 10.9. The highest BCUT2D eigenvalue weighted by Crippen LogP contribution is 2.21. The molecule has 3 N–H and O–H groups in total. The van der Waals surface area contributed by atoms with E-state index in [1.54, 1.807) is 12.1 Å². The third-order valence-corrected chi connectivity index (χ3v) is 2.86. The molecule has 18 heavy (non-hydrogen) atoms. The minimum absolute atomic E-state index is 0. The second-order valence-electron chi connectivity index (χ2n) is 3.72. The highest BCUT2D eigenvalue weighted by molar-refractivity contribution is 14.0. The molecule has 0 aromatic heterocycles. The van der Waals surface area contributed by atoms with Crippen molar-refractivity contribution in [2.45, 2.75) is 26.3 Å². The topological polar surface area (TPSA) is 50.4 Å². The fraction of sp³-hybridized carbons (Fsp3) is 0.417. The van der Waals surface area contributed by atoms with Crippen molar-refractivity contribution in [2.24, 2.45) is 10.7 Å². The van der Waals surface area contributed by atoms with E-state index in [1.165, 1.54) is 0 Å². The van der Waals surface area contributed by atoms with Gasteiger partial charge in [0.2, 0.25) is 0 Å². The Labute approximate surface area is 135 Å². The third-order valence-electron chi connectivity index (χ3n) is 2.27. The van der Waals surface area contributed by atoms with Crippen LogP contribution in [0.25, 0.3) is 0 Å². The van der Waals surface area contributed by atoms with Crippen molar-refractivity contribution in [2.75, 3.05) is 6.54 Å². The number of guanidine groups is 1. The molecule has 1 rings (SSSR count). The van der Waals surface area contributed by atoms with Crippen LogP contribution >= 0.6 is 47.2 Å². The molecule has 0 aliphatic rings. The summed E-state index contributed by atoms with van der Waals surface area (Å²) in [6, 6.07) is 5.35. The number of aliphatic imine (C=N–C) groups is 1. The van der Waals surface area contributed by atoms with E-state index in [0.717, 1.165) is 24.9 Å². The summed E-state index contributed by atoms with van der Waals surface area (Å²) in [5.74, 6) is 0.449. The Morgan fingerprint density at radius 3 is 2.72 bits per heavy atom. The lowest BCUT2D eigenvalue weighted by atomic mass is 10.2.